The van der Waals surface area contributed by atoms with E-state index in [1.807, 2.05) is 0 Å². The lowest BCUT2D eigenvalue weighted by Crippen LogP contribution is -2.22. The Balaban J connectivity index is 1.83. The molecule has 6 heteroatoms. The van der Waals surface area contributed by atoms with Crippen LogP contribution in [0.1, 0.15) is 27.8 Å². The van der Waals surface area contributed by atoms with Crippen molar-refractivity contribution in [1.29, 1.82) is 0 Å². The number of carbonyl (C=O) groups excluding carboxylic acids is 1. The van der Waals surface area contributed by atoms with Gasteiger partial charge < -0.3 is 10.1 Å². The molecule has 20 heavy (non-hydrogen) atoms. The highest BCUT2D eigenvalue weighted by Crippen LogP contribution is 2.26. The molecule has 1 aliphatic heterocycles. The van der Waals surface area contributed by atoms with Crippen molar-refractivity contribution in [3.63, 3.8) is 0 Å². The zero-order chi connectivity index (χ0) is 14.1. The molecule has 2 heterocycles. The third-order valence-electron chi connectivity index (χ3n) is 3.34. The molecule has 104 valence electrons. The van der Waals surface area contributed by atoms with Crippen LogP contribution in [0.15, 0.2) is 30.3 Å². The van der Waals surface area contributed by atoms with Crippen LogP contribution < -0.4 is 5.32 Å². The molecule has 1 atom stereocenters. The molecule has 2 aromatic rings. The monoisotopic (exact) mass is 275 g/mol. The molecular weight excluding hydrogens is 261 g/mol. The zero-order valence-corrected chi connectivity index (χ0v) is 11.0. The number of carbonyl (C=O) groups is 1. The summed E-state index contributed by atoms with van der Waals surface area (Å²) in [7, 11) is 1.57. The molecule has 1 amide bonds. The molecule has 5 nitrogen and oxygen atoms in total. The number of benzene rings is 1. The van der Waals surface area contributed by atoms with Gasteiger partial charge >= 0.3 is 0 Å². The average molecular weight is 275 g/mol. The van der Waals surface area contributed by atoms with Gasteiger partial charge in [-0.2, -0.15) is 5.10 Å². The standard InChI is InChI=1S/C14H14FN3O2/c1-16-14(19)12-6-11-8-20-13(7-18(11)17-12)9-2-4-10(15)5-3-9/h2-6,13H,7-8H2,1H3,(H,16,19)/t13-/m1/s1. The van der Waals surface area contributed by atoms with Crippen LogP contribution in [-0.2, 0) is 17.9 Å². The van der Waals surface area contributed by atoms with Gasteiger partial charge in [-0.05, 0) is 23.8 Å². The summed E-state index contributed by atoms with van der Waals surface area (Å²) < 4.78 is 20.4. The molecule has 0 radical (unpaired) electrons. The topological polar surface area (TPSA) is 56.2 Å². The second-order valence-electron chi connectivity index (χ2n) is 4.63. The number of fused-ring (bicyclic) bond motifs is 1. The summed E-state index contributed by atoms with van der Waals surface area (Å²) in [6, 6.07) is 7.95. The van der Waals surface area contributed by atoms with Gasteiger partial charge in [-0.25, -0.2) is 4.39 Å². The Morgan fingerprint density at radius 1 is 1.45 bits per heavy atom. The fourth-order valence-electron chi connectivity index (χ4n) is 2.24. The maximum absolute atomic E-state index is 12.9. The minimum Gasteiger partial charge on any atom is -0.365 e. The molecule has 0 spiro atoms. The Morgan fingerprint density at radius 3 is 2.90 bits per heavy atom. The van der Waals surface area contributed by atoms with Crippen molar-refractivity contribution in [3.05, 3.63) is 53.1 Å². The molecule has 1 aliphatic rings. The van der Waals surface area contributed by atoms with E-state index >= 15 is 0 Å². The predicted molar refractivity (Wildman–Crippen MR) is 69.5 cm³/mol. The van der Waals surface area contributed by atoms with Crippen LogP contribution in [-0.4, -0.2) is 22.7 Å². The number of nitrogens with one attached hydrogen (secondary N) is 1. The molecule has 0 bridgehead atoms. The number of ether oxygens (including phenoxy) is 1. The number of hydrogen-bond donors (Lipinski definition) is 1. The number of amides is 1. The second-order valence-corrected chi connectivity index (χ2v) is 4.63. The second kappa shape index (κ2) is 5.05. The zero-order valence-electron chi connectivity index (χ0n) is 11.0. The quantitative estimate of drug-likeness (QED) is 0.906. The first-order valence-corrected chi connectivity index (χ1v) is 6.33. The predicted octanol–water partition coefficient (Wildman–Crippen LogP) is 1.65. The molecule has 1 N–H and O–H groups in total. The summed E-state index contributed by atoms with van der Waals surface area (Å²) in [6.45, 7) is 0.893. The summed E-state index contributed by atoms with van der Waals surface area (Å²) in [4.78, 5) is 11.6. The van der Waals surface area contributed by atoms with Crippen LogP contribution in [0.25, 0.3) is 0 Å². The van der Waals surface area contributed by atoms with E-state index in [9.17, 15) is 9.18 Å². The number of hydrogen-bond acceptors (Lipinski definition) is 3. The minimum atomic E-state index is -0.272. The highest BCUT2D eigenvalue weighted by atomic mass is 19.1. The fraction of sp³-hybridized carbons (Fsp3) is 0.286. The molecule has 0 unspecified atom stereocenters. The smallest absolute Gasteiger partial charge is 0.271 e. The van der Waals surface area contributed by atoms with Crippen LogP contribution in [0.3, 0.4) is 0 Å². The summed E-state index contributed by atoms with van der Waals surface area (Å²) in [5.41, 5.74) is 2.14. The molecule has 0 saturated carbocycles. The Kier molecular flexibility index (Phi) is 3.23. The maximum Gasteiger partial charge on any atom is 0.271 e. The van der Waals surface area contributed by atoms with Gasteiger partial charge in [0.05, 0.1) is 18.8 Å². The lowest BCUT2D eigenvalue weighted by Gasteiger charge is -2.24. The average Bonchev–Trinajstić information content (AvgIpc) is 2.90. The first kappa shape index (κ1) is 12.8. The maximum atomic E-state index is 12.9. The Hall–Kier alpha value is -2.21. The molecule has 3 rings (SSSR count). The molecule has 0 fully saturated rings. The van der Waals surface area contributed by atoms with Crippen molar-refractivity contribution in [1.82, 2.24) is 15.1 Å². The minimum absolute atomic E-state index is 0.180. The lowest BCUT2D eigenvalue weighted by atomic mass is 10.1. The molecular formula is C14H14FN3O2. The van der Waals surface area contributed by atoms with E-state index in [1.54, 1.807) is 29.9 Å². The van der Waals surface area contributed by atoms with E-state index < -0.39 is 0 Å². The van der Waals surface area contributed by atoms with E-state index in [2.05, 4.69) is 10.4 Å². The Morgan fingerprint density at radius 2 is 2.20 bits per heavy atom. The largest absolute Gasteiger partial charge is 0.365 e. The molecule has 1 aromatic heterocycles. The molecule has 0 aliphatic carbocycles. The van der Waals surface area contributed by atoms with E-state index in [1.165, 1.54) is 12.1 Å². The van der Waals surface area contributed by atoms with Crippen LogP contribution in [0, 0.1) is 5.82 Å². The Bertz CT molecular complexity index is 636. The van der Waals surface area contributed by atoms with E-state index in [-0.39, 0.29) is 17.8 Å². The third kappa shape index (κ3) is 2.30. The highest BCUT2D eigenvalue weighted by molar-refractivity contribution is 5.92. The molecule has 1 aromatic carbocycles. The van der Waals surface area contributed by atoms with Crippen LogP contribution in [0.2, 0.25) is 0 Å². The van der Waals surface area contributed by atoms with Gasteiger partial charge in [0.2, 0.25) is 0 Å². The number of halogens is 1. The highest BCUT2D eigenvalue weighted by Gasteiger charge is 2.23. The third-order valence-corrected chi connectivity index (χ3v) is 3.34. The summed E-state index contributed by atoms with van der Waals surface area (Å²) >= 11 is 0. The number of aromatic nitrogens is 2. The van der Waals surface area contributed by atoms with E-state index in [0.29, 0.717) is 18.8 Å². The van der Waals surface area contributed by atoms with Crippen LogP contribution in [0.4, 0.5) is 4.39 Å². The summed E-state index contributed by atoms with van der Waals surface area (Å²) in [6.07, 6.45) is -0.180. The number of nitrogens with zero attached hydrogens (tertiary/aromatic N) is 2. The van der Waals surface area contributed by atoms with Crippen LogP contribution >= 0.6 is 0 Å². The first-order valence-electron chi connectivity index (χ1n) is 6.33. The summed E-state index contributed by atoms with van der Waals surface area (Å²) in [5, 5.41) is 6.81. The molecule has 0 saturated heterocycles. The van der Waals surface area contributed by atoms with Gasteiger partial charge in [-0.15, -0.1) is 0 Å². The normalized spacial score (nSPS) is 17.6. The van der Waals surface area contributed by atoms with Crippen molar-refractivity contribution in [2.45, 2.75) is 19.3 Å². The first-order chi connectivity index (χ1) is 9.67. The van der Waals surface area contributed by atoms with Crippen molar-refractivity contribution in [2.75, 3.05) is 7.05 Å². The van der Waals surface area contributed by atoms with Gasteiger partial charge in [0.15, 0.2) is 5.69 Å². The van der Waals surface area contributed by atoms with Gasteiger partial charge in [0, 0.05) is 7.05 Å². The van der Waals surface area contributed by atoms with Gasteiger partial charge in [0.1, 0.15) is 11.9 Å². The van der Waals surface area contributed by atoms with Gasteiger partial charge in [0.25, 0.3) is 5.91 Å². The van der Waals surface area contributed by atoms with Crippen molar-refractivity contribution in [3.8, 4) is 0 Å². The van der Waals surface area contributed by atoms with Crippen molar-refractivity contribution >= 4 is 5.91 Å². The van der Waals surface area contributed by atoms with E-state index in [4.69, 9.17) is 4.74 Å². The van der Waals surface area contributed by atoms with Crippen molar-refractivity contribution < 1.29 is 13.9 Å². The summed E-state index contributed by atoms with van der Waals surface area (Å²) in [5.74, 6) is -0.489. The van der Waals surface area contributed by atoms with E-state index in [0.717, 1.165) is 11.3 Å². The van der Waals surface area contributed by atoms with Crippen LogP contribution in [0.5, 0.6) is 0 Å². The van der Waals surface area contributed by atoms with Gasteiger partial charge in [-0.1, -0.05) is 12.1 Å². The Labute approximate surface area is 115 Å². The van der Waals surface area contributed by atoms with Gasteiger partial charge in [-0.3, -0.25) is 9.48 Å². The number of rotatable bonds is 2. The SMILES string of the molecule is CNC(=O)c1cc2n(n1)C[C@H](c1ccc(F)cc1)OC2. The van der Waals surface area contributed by atoms with Crippen molar-refractivity contribution in [2.24, 2.45) is 0 Å². The lowest BCUT2D eigenvalue weighted by molar-refractivity contribution is -0.00122. The fourth-order valence-corrected chi connectivity index (χ4v) is 2.24.